The Hall–Kier alpha value is -2.20. The van der Waals surface area contributed by atoms with Crippen molar-refractivity contribution in [3.05, 3.63) is 57.8 Å². The number of hydrogen-bond acceptors (Lipinski definition) is 5. The fraction of sp³-hybridized carbons (Fsp3) is 0.0667. The largest absolute Gasteiger partial charge is 0.452 e. The van der Waals surface area contributed by atoms with E-state index in [0.29, 0.717) is 0 Å². The molecular formula is C15H11Cl2FN2O5S. The van der Waals surface area contributed by atoms with Crippen molar-refractivity contribution in [2.24, 2.45) is 5.14 Å². The minimum Gasteiger partial charge on any atom is -0.452 e. The van der Waals surface area contributed by atoms with Gasteiger partial charge in [-0.2, -0.15) is 0 Å². The van der Waals surface area contributed by atoms with Crippen molar-refractivity contribution in [1.82, 2.24) is 0 Å². The van der Waals surface area contributed by atoms with Gasteiger partial charge in [-0.1, -0.05) is 23.2 Å². The van der Waals surface area contributed by atoms with E-state index in [1.807, 2.05) is 0 Å². The maximum absolute atomic E-state index is 13.0. The molecule has 0 fully saturated rings. The van der Waals surface area contributed by atoms with Gasteiger partial charge in [-0.3, -0.25) is 4.79 Å². The van der Waals surface area contributed by atoms with Crippen LogP contribution >= 0.6 is 23.2 Å². The monoisotopic (exact) mass is 420 g/mol. The molecule has 0 spiro atoms. The summed E-state index contributed by atoms with van der Waals surface area (Å²) in [6, 6.07) is 6.56. The highest BCUT2D eigenvalue weighted by atomic mass is 35.5. The van der Waals surface area contributed by atoms with Gasteiger partial charge in [0.15, 0.2) is 6.61 Å². The van der Waals surface area contributed by atoms with E-state index in [4.69, 9.17) is 33.1 Å². The predicted molar refractivity (Wildman–Crippen MR) is 93.1 cm³/mol. The molecule has 26 heavy (non-hydrogen) atoms. The van der Waals surface area contributed by atoms with Gasteiger partial charge < -0.3 is 10.1 Å². The minimum absolute atomic E-state index is 0.0337. The molecule has 0 atom stereocenters. The number of benzene rings is 2. The van der Waals surface area contributed by atoms with Gasteiger partial charge in [0.1, 0.15) is 5.82 Å². The number of primary sulfonamides is 1. The van der Waals surface area contributed by atoms with Crippen molar-refractivity contribution in [1.29, 1.82) is 0 Å². The van der Waals surface area contributed by atoms with Crippen LogP contribution in [0.5, 0.6) is 0 Å². The zero-order valence-corrected chi connectivity index (χ0v) is 15.2. The lowest BCUT2D eigenvalue weighted by Crippen LogP contribution is -2.21. The first-order chi connectivity index (χ1) is 12.1. The van der Waals surface area contributed by atoms with E-state index >= 15 is 0 Å². The molecule has 3 N–H and O–H groups in total. The van der Waals surface area contributed by atoms with Crippen molar-refractivity contribution in [3.63, 3.8) is 0 Å². The molecule has 0 aliphatic carbocycles. The maximum atomic E-state index is 13.0. The summed E-state index contributed by atoms with van der Waals surface area (Å²) < 4.78 is 40.4. The number of esters is 1. The van der Waals surface area contributed by atoms with Crippen LogP contribution in [0.15, 0.2) is 41.3 Å². The number of carbonyl (C=O) groups excluding carboxylic acids is 2. The normalized spacial score (nSPS) is 11.1. The van der Waals surface area contributed by atoms with Crippen molar-refractivity contribution in [2.45, 2.75) is 4.90 Å². The molecule has 1 amide bonds. The van der Waals surface area contributed by atoms with Gasteiger partial charge >= 0.3 is 5.97 Å². The highest BCUT2D eigenvalue weighted by molar-refractivity contribution is 7.89. The number of anilines is 1. The van der Waals surface area contributed by atoms with E-state index < -0.39 is 34.3 Å². The topological polar surface area (TPSA) is 116 Å². The average molecular weight is 421 g/mol. The van der Waals surface area contributed by atoms with E-state index in [1.165, 1.54) is 6.07 Å². The number of halogens is 3. The first-order valence-electron chi connectivity index (χ1n) is 6.82. The number of sulfonamides is 1. The minimum atomic E-state index is -4.05. The summed E-state index contributed by atoms with van der Waals surface area (Å²) in [4.78, 5) is 23.5. The molecule has 0 saturated heterocycles. The van der Waals surface area contributed by atoms with Crippen LogP contribution in [-0.2, 0) is 19.6 Å². The summed E-state index contributed by atoms with van der Waals surface area (Å²) in [5, 5.41) is 7.20. The van der Waals surface area contributed by atoms with E-state index in [9.17, 15) is 22.4 Å². The van der Waals surface area contributed by atoms with Crippen LogP contribution in [0.2, 0.25) is 10.0 Å². The molecule has 0 aliphatic heterocycles. The zero-order chi connectivity index (χ0) is 19.5. The van der Waals surface area contributed by atoms with Gasteiger partial charge in [0, 0.05) is 0 Å². The Morgan fingerprint density at radius 1 is 1.12 bits per heavy atom. The SMILES string of the molecule is NS(=O)(=O)c1ccc(Cl)c(C(=O)OCC(=O)Nc2ccc(F)cc2Cl)c1. The van der Waals surface area contributed by atoms with Gasteiger partial charge in [0.05, 0.1) is 26.2 Å². The van der Waals surface area contributed by atoms with Crippen LogP contribution in [0.25, 0.3) is 0 Å². The summed E-state index contributed by atoms with van der Waals surface area (Å²) in [5.74, 6) is -2.35. The highest BCUT2D eigenvalue weighted by Crippen LogP contribution is 2.23. The Bertz CT molecular complexity index is 982. The smallest absolute Gasteiger partial charge is 0.340 e. The molecule has 2 aromatic rings. The lowest BCUT2D eigenvalue weighted by molar-refractivity contribution is -0.119. The van der Waals surface area contributed by atoms with E-state index in [1.54, 1.807) is 0 Å². The van der Waals surface area contributed by atoms with Crippen molar-refractivity contribution < 1.29 is 27.1 Å². The summed E-state index contributed by atoms with van der Waals surface area (Å²) in [6.45, 7) is -0.706. The second kappa shape index (κ2) is 8.00. The molecule has 0 saturated carbocycles. The third-order valence-corrected chi connectivity index (χ3v) is 4.58. The van der Waals surface area contributed by atoms with Crippen molar-refractivity contribution in [3.8, 4) is 0 Å². The quantitative estimate of drug-likeness (QED) is 0.720. The molecule has 138 valence electrons. The average Bonchev–Trinajstić information content (AvgIpc) is 2.54. The molecule has 0 unspecified atom stereocenters. The molecule has 0 radical (unpaired) electrons. The van der Waals surface area contributed by atoms with E-state index in [-0.39, 0.29) is 26.2 Å². The Kier molecular flexibility index (Phi) is 6.19. The lowest BCUT2D eigenvalue weighted by atomic mass is 10.2. The highest BCUT2D eigenvalue weighted by Gasteiger charge is 2.18. The number of carbonyl (C=O) groups is 2. The fourth-order valence-electron chi connectivity index (χ4n) is 1.82. The van der Waals surface area contributed by atoms with Crippen LogP contribution in [0.4, 0.5) is 10.1 Å². The summed E-state index contributed by atoms with van der Waals surface area (Å²) in [5.41, 5.74) is -0.144. The van der Waals surface area contributed by atoms with Crippen LogP contribution < -0.4 is 10.5 Å². The number of ether oxygens (including phenoxy) is 1. The number of hydrogen-bond donors (Lipinski definition) is 2. The summed E-state index contributed by atoms with van der Waals surface area (Å²) in [6.07, 6.45) is 0. The molecule has 11 heteroatoms. The van der Waals surface area contributed by atoms with E-state index in [0.717, 1.165) is 30.3 Å². The van der Waals surface area contributed by atoms with Gasteiger partial charge in [-0.15, -0.1) is 0 Å². The van der Waals surface area contributed by atoms with Crippen LogP contribution in [0, 0.1) is 5.82 Å². The molecule has 2 aromatic carbocycles. The van der Waals surface area contributed by atoms with E-state index in [2.05, 4.69) is 5.32 Å². The Morgan fingerprint density at radius 3 is 2.42 bits per heavy atom. The number of nitrogens with two attached hydrogens (primary N) is 1. The standard InChI is InChI=1S/C15H11Cl2FN2O5S/c16-11-3-2-9(26(19,23)24)6-10(11)15(22)25-7-14(21)20-13-4-1-8(18)5-12(13)17/h1-6H,7H2,(H,20,21)(H2,19,23,24). The second-order valence-electron chi connectivity index (χ2n) is 4.94. The molecule has 0 heterocycles. The van der Waals surface area contributed by atoms with Gasteiger partial charge in [0.25, 0.3) is 5.91 Å². The number of amides is 1. The van der Waals surface area contributed by atoms with Gasteiger partial charge in [0.2, 0.25) is 10.0 Å². The first-order valence-corrected chi connectivity index (χ1v) is 9.12. The zero-order valence-electron chi connectivity index (χ0n) is 12.8. The van der Waals surface area contributed by atoms with Gasteiger partial charge in [-0.25, -0.2) is 22.7 Å². The Labute approximate surface area is 157 Å². The van der Waals surface area contributed by atoms with Crippen LogP contribution in [0.3, 0.4) is 0 Å². The Balaban J connectivity index is 2.05. The molecule has 0 bridgehead atoms. The van der Waals surface area contributed by atoms with Crippen molar-refractivity contribution in [2.75, 3.05) is 11.9 Å². The number of rotatable bonds is 5. The number of nitrogens with one attached hydrogen (secondary N) is 1. The molecule has 0 aromatic heterocycles. The fourth-order valence-corrected chi connectivity index (χ4v) is 2.77. The molecule has 7 nitrogen and oxygen atoms in total. The third kappa shape index (κ3) is 5.15. The molecule has 2 rings (SSSR count). The summed E-state index contributed by atoms with van der Waals surface area (Å²) in [7, 11) is -4.05. The first kappa shape index (κ1) is 20.1. The molecular weight excluding hydrogens is 410 g/mol. The van der Waals surface area contributed by atoms with Crippen molar-refractivity contribution >= 4 is 50.8 Å². The van der Waals surface area contributed by atoms with Crippen LogP contribution in [-0.4, -0.2) is 26.9 Å². The van der Waals surface area contributed by atoms with Crippen LogP contribution in [0.1, 0.15) is 10.4 Å². The predicted octanol–water partition coefficient (Wildman–Crippen LogP) is 2.58. The third-order valence-electron chi connectivity index (χ3n) is 3.03. The Morgan fingerprint density at radius 2 is 1.81 bits per heavy atom. The lowest BCUT2D eigenvalue weighted by Gasteiger charge is -2.09. The van der Waals surface area contributed by atoms with Gasteiger partial charge in [-0.05, 0) is 36.4 Å². The maximum Gasteiger partial charge on any atom is 0.340 e. The molecule has 0 aliphatic rings. The summed E-state index contributed by atoms with van der Waals surface area (Å²) >= 11 is 11.6. The second-order valence-corrected chi connectivity index (χ2v) is 7.31.